The van der Waals surface area contributed by atoms with Crippen LogP contribution in [0.15, 0.2) is 24.3 Å². The Kier molecular flexibility index (Phi) is 7.38. The summed E-state index contributed by atoms with van der Waals surface area (Å²) in [4.78, 5) is 35.8. The molecule has 150 valence electrons. The highest BCUT2D eigenvalue weighted by atomic mass is 19.4. The Balaban J connectivity index is 2.74. The van der Waals surface area contributed by atoms with E-state index in [0.717, 1.165) is 19.2 Å². The van der Waals surface area contributed by atoms with Crippen molar-refractivity contribution in [2.75, 3.05) is 7.11 Å². The maximum absolute atomic E-state index is 12.5. The second-order valence-electron chi connectivity index (χ2n) is 6.81. The summed E-state index contributed by atoms with van der Waals surface area (Å²) in [5.74, 6) is -2.18. The van der Waals surface area contributed by atoms with E-state index in [9.17, 15) is 27.6 Å². The molecule has 0 aromatic heterocycles. The number of hydrogen-bond donors (Lipinski definition) is 1. The topological polar surface area (TPSA) is 81.7 Å². The van der Waals surface area contributed by atoms with Crippen LogP contribution in [0.5, 0.6) is 0 Å². The second kappa shape index (κ2) is 8.88. The van der Waals surface area contributed by atoms with Gasteiger partial charge in [0.1, 0.15) is 11.6 Å². The van der Waals surface area contributed by atoms with Crippen LogP contribution in [0.25, 0.3) is 0 Å². The molecule has 0 radical (unpaired) electrons. The first-order chi connectivity index (χ1) is 12.3. The molecule has 0 heterocycles. The molecular formula is C18H22F3NO5. The van der Waals surface area contributed by atoms with Crippen LogP contribution >= 0.6 is 0 Å². The van der Waals surface area contributed by atoms with Gasteiger partial charge in [-0.05, 0) is 38.5 Å². The van der Waals surface area contributed by atoms with Crippen molar-refractivity contribution < 1.29 is 37.0 Å². The Bertz CT molecular complexity index is 678. The number of ether oxygens (including phenoxy) is 2. The van der Waals surface area contributed by atoms with Crippen molar-refractivity contribution in [1.29, 1.82) is 0 Å². The molecule has 0 aliphatic heterocycles. The van der Waals surface area contributed by atoms with Crippen LogP contribution in [0.4, 0.5) is 13.2 Å². The molecule has 6 nitrogen and oxygen atoms in total. The van der Waals surface area contributed by atoms with Crippen LogP contribution in [0.3, 0.4) is 0 Å². The molecular weight excluding hydrogens is 367 g/mol. The molecule has 1 aromatic carbocycles. The standard InChI is InChI=1S/C18H22F3NO5/c1-17(2,3)27-15(24)10-13(16(25)26-4)22-14(23)9-11-5-7-12(8-6-11)18(19,20)21/h5-8,13H,9-10H2,1-4H3,(H,22,23)/t13-/m1/s1. The fourth-order valence-corrected chi connectivity index (χ4v) is 2.13. The molecule has 1 rings (SSSR count). The largest absolute Gasteiger partial charge is 0.467 e. The van der Waals surface area contributed by atoms with Crippen molar-refractivity contribution in [2.45, 2.75) is 51.4 Å². The first-order valence-corrected chi connectivity index (χ1v) is 8.07. The van der Waals surface area contributed by atoms with Crippen LogP contribution in [0, 0.1) is 0 Å². The lowest BCUT2D eigenvalue weighted by atomic mass is 10.1. The van der Waals surface area contributed by atoms with E-state index < -0.39 is 47.6 Å². The minimum Gasteiger partial charge on any atom is -0.467 e. The summed E-state index contributed by atoms with van der Waals surface area (Å²) in [6, 6.07) is 2.81. The molecule has 1 atom stereocenters. The predicted molar refractivity (Wildman–Crippen MR) is 89.6 cm³/mol. The van der Waals surface area contributed by atoms with E-state index >= 15 is 0 Å². The van der Waals surface area contributed by atoms with Crippen LogP contribution in [-0.2, 0) is 36.5 Å². The Hall–Kier alpha value is -2.58. The third kappa shape index (κ3) is 8.10. The fraction of sp³-hybridized carbons (Fsp3) is 0.500. The van der Waals surface area contributed by atoms with Gasteiger partial charge in [0, 0.05) is 0 Å². The second-order valence-corrected chi connectivity index (χ2v) is 6.81. The minimum absolute atomic E-state index is 0.264. The van der Waals surface area contributed by atoms with E-state index in [4.69, 9.17) is 4.74 Å². The molecule has 0 saturated heterocycles. The van der Waals surface area contributed by atoms with Crippen LogP contribution in [0.2, 0.25) is 0 Å². The molecule has 1 aromatic rings. The zero-order valence-electron chi connectivity index (χ0n) is 15.5. The van der Waals surface area contributed by atoms with Gasteiger partial charge < -0.3 is 14.8 Å². The lowest BCUT2D eigenvalue weighted by Gasteiger charge is -2.22. The first-order valence-electron chi connectivity index (χ1n) is 8.07. The number of alkyl halides is 3. The highest BCUT2D eigenvalue weighted by Crippen LogP contribution is 2.29. The average molecular weight is 389 g/mol. The van der Waals surface area contributed by atoms with Crippen molar-refractivity contribution >= 4 is 17.8 Å². The maximum atomic E-state index is 12.5. The summed E-state index contributed by atoms with van der Waals surface area (Å²) in [7, 11) is 1.10. The lowest BCUT2D eigenvalue weighted by Crippen LogP contribution is -2.44. The maximum Gasteiger partial charge on any atom is 0.416 e. The van der Waals surface area contributed by atoms with Gasteiger partial charge in [0.05, 0.1) is 25.5 Å². The summed E-state index contributed by atoms with van der Waals surface area (Å²) in [6.07, 6.45) is -5.16. The van der Waals surface area contributed by atoms with Gasteiger partial charge in [0.25, 0.3) is 0 Å². The van der Waals surface area contributed by atoms with Gasteiger partial charge in [-0.15, -0.1) is 0 Å². The summed E-state index contributed by atoms with van der Waals surface area (Å²) < 4.78 is 47.3. The highest BCUT2D eigenvalue weighted by Gasteiger charge is 2.30. The number of carbonyl (C=O) groups excluding carboxylic acids is 3. The molecule has 9 heteroatoms. The lowest BCUT2D eigenvalue weighted by molar-refractivity contribution is -0.159. The van der Waals surface area contributed by atoms with Gasteiger partial charge >= 0.3 is 18.1 Å². The third-order valence-electron chi connectivity index (χ3n) is 3.26. The summed E-state index contributed by atoms with van der Waals surface area (Å²) in [5.41, 5.74) is -1.27. The SMILES string of the molecule is COC(=O)[C@@H](CC(=O)OC(C)(C)C)NC(=O)Cc1ccc(C(F)(F)F)cc1. The number of methoxy groups -OCH3 is 1. The monoisotopic (exact) mass is 389 g/mol. The van der Waals surface area contributed by atoms with Crippen molar-refractivity contribution in [3.63, 3.8) is 0 Å². The zero-order valence-corrected chi connectivity index (χ0v) is 15.5. The molecule has 0 aliphatic rings. The van der Waals surface area contributed by atoms with E-state index in [1.165, 1.54) is 12.1 Å². The number of nitrogens with one attached hydrogen (secondary N) is 1. The quantitative estimate of drug-likeness (QED) is 0.757. The number of benzene rings is 1. The number of esters is 2. The van der Waals surface area contributed by atoms with Gasteiger partial charge in [-0.3, -0.25) is 9.59 Å². The molecule has 1 amide bonds. The van der Waals surface area contributed by atoms with Crippen molar-refractivity contribution in [3.05, 3.63) is 35.4 Å². The van der Waals surface area contributed by atoms with E-state index in [2.05, 4.69) is 10.1 Å². The van der Waals surface area contributed by atoms with Gasteiger partial charge in [0.2, 0.25) is 5.91 Å². The fourth-order valence-electron chi connectivity index (χ4n) is 2.13. The number of rotatable bonds is 6. The van der Waals surface area contributed by atoms with Crippen LogP contribution in [-0.4, -0.2) is 36.6 Å². The minimum atomic E-state index is -4.47. The Labute approximate surface area is 155 Å². The van der Waals surface area contributed by atoms with Crippen LogP contribution < -0.4 is 5.32 Å². The van der Waals surface area contributed by atoms with E-state index in [1.54, 1.807) is 20.8 Å². The molecule has 0 bridgehead atoms. The van der Waals surface area contributed by atoms with Crippen molar-refractivity contribution in [1.82, 2.24) is 5.32 Å². The molecule has 0 aliphatic carbocycles. The molecule has 0 spiro atoms. The molecule has 27 heavy (non-hydrogen) atoms. The zero-order chi connectivity index (χ0) is 20.8. The summed E-state index contributed by atoms with van der Waals surface area (Å²) >= 11 is 0. The predicted octanol–water partition coefficient (Wildman–Crippen LogP) is 2.64. The average Bonchev–Trinajstić information content (AvgIpc) is 2.51. The number of halogens is 3. The number of carbonyl (C=O) groups is 3. The smallest absolute Gasteiger partial charge is 0.416 e. The van der Waals surface area contributed by atoms with E-state index in [0.29, 0.717) is 5.56 Å². The van der Waals surface area contributed by atoms with E-state index in [1.807, 2.05) is 0 Å². The molecule has 0 unspecified atom stereocenters. The molecule has 0 saturated carbocycles. The number of hydrogen-bond acceptors (Lipinski definition) is 5. The van der Waals surface area contributed by atoms with Gasteiger partial charge in [0.15, 0.2) is 0 Å². The van der Waals surface area contributed by atoms with Crippen molar-refractivity contribution in [2.24, 2.45) is 0 Å². The molecule has 0 fully saturated rings. The van der Waals surface area contributed by atoms with Gasteiger partial charge in [-0.25, -0.2) is 4.79 Å². The Morgan fingerprint density at radius 1 is 1.07 bits per heavy atom. The summed E-state index contributed by atoms with van der Waals surface area (Å²) in [5, 5.41) is 2.34. The van der Waals surface area contributed by atoms with Crippen molar-refractivity contribution in [3.8, 4) is 0 Å². The third-order valence-corrected chi connectivity index (χ3v) is 3.26. The van der Waals surface area contributed by atoms with Crippen LogP contribution in [0.1, 0.15) is 38.3 Å². The van der Waals surface area contributed by atoms with E-state index in [-0.39, 0.29) is 6.42 Å². The Morgan fingerprint density at radius 2 is 1.63 bits per heavy atom. The van der Waals surface area contributed by atoms with Gasteiger partial charge in [-0.2, -0.15) is 13.2 Å². The Morgan fingerprint density at radius 3 is 2.07 bits per heavy atom. The highest BCUT2D eigenvalue weighted by molar-refractivity contribution is 5.88. The van der Waals surface area contributed by atoms with Gasteiger partial charge in [-0.1, -0.05) is 12.1 Å². The normalized spacial score (nSPS) is 12.9. The summed E-state index contributed by atoms with van der Waals surface area (Å²) in [6.45, 7) is 4.96. The molecule has 1 N–H and O–H groups in total. The first kappa shape index (κ1) is 22.5. The number of amides is 1.